The van der Waals surface area contributed by atoms with Crippen LogP contribution < -0.4 is 5.32 Å². The average molecular weight is 411 g/mol. The van der Waals surface area contributed by atoms with Crippen LogP contribution in [0.3, 0.4) is 0 Å². The highest BCUT2D eigenvalue weighted by Gasteiger charge is 2.16. The van der Waals surface area contributed by atoms with Crippen LogP contribution in [-0.4, -0.2) is 31.1 Å². The van der Waals surface area contributed by atoms with Crippen LogP contribution in [0.25, 0.3) is 16.1 Å². The van der Waals surface area contributed by atoms with Crippen LogP contribution in [0.2, 0.25) is 0 Å². The van der Waals surface area contributed by atoms with Gasteiger partial charge in [-0.1, -0.05) is 0 Å². The standard InChI is InChI=1S/C19H18N6OS2/c1-11-4-18(28-8-11)14-5-15(7-16(6-14)25-10-20-23-24-25)19(26)21-12(2)17-9-27-13(3)22-17/h4-10,12H,1-3H3,(H,21,26). The van der Waals surface area contributed by atoms with Crippen molar-refractivity contribution >= 4 is 28.6 Å². The highest BCUT2D eigenvalue weighted by Crippen LogP contribution is 2.30. The van der Waals surface area contributed by atoms with Gasteiger partial charge in [0.2, 0.25) is 0 Å². The van der Waals surface area contributed by atoms with E-state index in [1.807, 2.05) is 31.4 Å². The average Bonchev–Trinajstić information content (AvgIpc) is 3.43. The van der Waals surface area contributed by atoms with Gasteiger partial charge < -0.3 is 5.32 Å². The number of nitrogens with zero attached hydrogens (tertiary/aromatic N) is 5. The zero-order valence-corrected chi connectivity index (χ0v) is 17.2. The molecule has 3 aromatic heterocycles. The van der Waals surface area contributed by atoms with E-state index in [4.69, 9.17) is 0 Å². The molecule has 0 aliphatic carbocycles. The molecule has 0 saturated carbocycles. The maximum atomic E-state index is 13.0. The van der Waals surface area contributed by atoms with Crippen molar-refractivity contribution in [3.63, 3.8) is 0 Å². The van der Waals surface area contributed by atoms with Crippen LogP contribution in [0, 0.1) is 13.8 Å². The summed E-state index contributed by atoms with van der Waals surface area (Å²) in [5.41, 5.74) is 4.28. The Morgan fingerprint density at radius 1 is 1.14 bits per heavy atom. The lowest BCUT2D eigenvalue weighted by atomic mass is 10.1. The second-order valence-electron chi connectivity index (χ2n) is 6.50. The summed E-state index contributed by atoms with van der Waals surface area (Å²) in [5.74, 6) is -0.164. The predicted molar refractivity (Wildman–Crippen MR) is 110 cm³/mol. The summed E-state index contributed by atoms with van der Waals surface area (Å²) in [7, 11) is 0. The van der Waals surface area contributed by atoms with Crippen LogP contribution >= 0.6 is 22.7 Å². The lowest BCUT2D eigenvalue weighted by Gasteiger charge is -2.13. The normalized spacial score (nSPS) is 12.1. The first-order valence-corrected chi connectivity index (χ1v) is 10.4. The van der Waals surface area contributed by atoms with Crippen molar-refractivity contribution in [2.45, 2.75) is 26.8 Å². The van der Waals surface area contributed by atoms with Gasteiger partial charge in [0.1, 0.15) is 6.33 Å². The van der Waals surface area contributed by atoms with Gasteiger partial charge >= 0.3 is 0 Å². The van der Waals surface area contributed by atoms with Crippen molar-refractivity contribution in [3.05, 3.63) is 63.2 Å². The molecule has 9 heteroatoms. The first-order valence-electron chi connectivity index (χ1n) is 8.66. The van der Waals surface area contributed by atoms with E-state index >= 15 is 0 Å². The van der Waals surface area contributed by atoms with Crippen molar-refractivity contribution in [1.82, 2.24) is 30.5 Å². The number of nitrogens with one attached hydrogen (secondary N) is 1. The van der Waals surface area contributed by atoms with Crippen molar-refractivity contribution in [2.24, 2.45) is 0 Å². The first-order chi connectivity index (χ1) is 13.5. The van der Waals surface area contributed by atoms with E-state index in [1.54, 1.807) is 33.4 Å². The van der Waals surface area contributed by atoms with Gasteiger partial charge in [0.15, 0.2) is 0 Å². The molecule has 0 fully saturated rings. The molecule has 1 aromatic carbocycles. The van der Waals surface area contributed by atoms with Crippen molar-refractivity contribution in [2.75, 3.05) is 0 Å². The van der Waals surface area contributed by atoms with Gasteiger partial charge in [-0.05, 0) is 72.0 Å². The number of hydrogen-bond acceptors (Lipinski definition) is 7. The van der Waals surface area contributed by atoms with Crippen LogP contribution in [0.15, 0.2) is 41.4 Å². The molecule has 0 radical (unpaired) electrons. The molecule has 4 rings (SSSR count). The Balaban J connectivity index is 1.69. The number of rotatable bonds is 5. The number of aromatic nitrogens is 5. The summed E-state index contributed by atoms with van der Waals surface area (Å²) in [6.45, 7) is 5.94. The molecule has 1 amide bonds. The topological polar surface area (TPSA) is 85.6 Å². The molecule has 0 saturated heterocycles. The van der Waals surface area contributed by atoms with Gasteiger partial charge in [0.25, 0.3) is 5.91 Å². The second kappa shape index (κ2) is 7.61. The van der Waals surface area contributed by atoms with Gasteiger partial charge in [-0.3, -0.25) is 4.79 Å². The Labute approximate surface area is 170 Å². The molecule has 3 heterocycles. The minimum atomic E-state index is -0.179. The lowest BCUT2D eigenvalue weighted by Crippen LogP contribution is -2.27. The fraction of sp³-hybridized carbons (Fsp3) is 0.211. The van der Waals surface area contributed by atoms with Crippen molar-refractivity contribution in [1.29, 1.82) is 0 Å². The highest BCUT2D eigenvalue weighted by atomic mass is 32.1. The SMILES string of the molecule is Cc1csc(-c2cc(C(=O)NC(C)c3csc(C)n3)cc(-n3cnnn3)c2)c1. The molecule has 1 unspecified atom stereocenters. The van der Waals surface area contributed by atoms with E-state index in [9.17, 15) is 4.79 Å². The zero-order chi connectivity index (χ0) is 19.7. The van der Waals surface area contributed by atoms with Gasteiger partial charge in [-0.15, -0.1) is 27.8 Å². The fourth-order valence-corrected chi connectivity index (χ4v) is 4.41. The molecule has 28 heavy (non-hydrogen) atoms. The molecule has 1 atom stereocenters. The summed E-state index contributed by atoms with van der Waals surface area (Å²) in [6, 6.07) is 7.58. The molecule has 4 aromatic rings. The van der Waals surface area contributed by atoms with E-state index in [0.717, 1.165) is 26.8 Å². The van der Waals surface area contributed by atoms with Gasteiger partial charge in [-0.25, -0.2) is 9.67 Å². The maximum Gasteiger partial charge on any atom is 0.251 e. The number of tetrazole rings is 1. The Hall–Kier alpha value is -2.91. The minimum absolute atomic E-state index is 0.164. The number of carbonyl (C=O) groups excluding carboxylic acids is 1. The van der Waals surface area contributed by atoms with Crippen LogP contribution in [0.1, 0.15) is 39.6 Å². The maximum absolute atomic E-state index is 13.0. The smallest absolute Gasteiger partial charge is 0.251 e. The third-order valence-corrected chi connectivity index (χ3v) is 6.13. The summed E-state index contributed by atoms with van der Waals surface area (Å²) >= 11 is 3.21. The predicted octanol–water partition coefficient (Wildman–Crippen LogP) is 3.96. The van der Waals surface area contributed by atoms with Crippen molar-refractivity contribution < 1.29 is 4.79 Å². The van der Waals surface area contributed by atoms with E-state index in [-0.39, 0.29) is 11.9 Å². The van der Waals surface area contributed by atoms with Gasteiger partial charge in [0, 0.05) is 15.8 Å². The van der Waals surface area contributed by atoms with Gasteiger partial charge in [-0.2, -0.15) is 0 Å². The Morgan fingerprint density at radius 3 is 2.64 bits per heavy atom. The summed E-state index contributed by atoms with van der Waals surface area (Å²) in [4.78, 5) is 18.5. The summed E-state index contributed by atoms with van der Waals surface area (Å²) in [6.07, 6.45) is 1.52. The molecule has 7 nitrogen and oxygen atoms in total. The number of thiophene rings is 1. The molecule has 0 bridgehead atoms. The van der Waals surface area contributed by atoms with E-state index < -0.39 is 0 Å². The third-order valence-electron chi connectivity index (χ3n) is 4.24. The lowest BCUT2D eigenvalue weighted by molar-refractivity contribution is 0.0939. The largest absolute Gasteiger partial charge is 0.344 e. The molecule has 0 aliphatic rings. The fourth-order valence-electron chi connectivity index (χ4n) is 2.81. The Morgan fingerprint density at radius 2 is 2.00 bits per heavy atom. The van der Waals surface area contributed by atoms with E-state index in [1.165, 1.54) is 11.9 Å². The summed E-state index contributed by atoms with van der Waals surface area (Å²) in [5, 5.41) is 19.4. The molecule has 1 N–H and O–H groups in total. The Kier molecular flexibility index (Phi) is 5.01. The number of amides is 1. The first kappa shape index (κ1) is 18.5. The van der Waals surface area contributed by atoms with Crippen LogP contribution in [-0.2, 0) is 0 Å². The summed E-state index contributed by atoms with van der Waals surface area (Å²) < 4.78 is 1.55. The van der Waals surface area contributed by atoms with Crippen LogP contribution in [0.4, 0.5) is 0 Å². The number of aryl methyl sites for hydroxylation is 2. The van der Waals surface area contributed by atoms with Crippen LogP contribution in [0.5, 0.6) is 0 Å². The molecular weight excluding hydrogens is 392 g/mol. The van der Waals surface area contributed by atoms with E-state index in [0.29, 0.717) is 5.56 Å². The molecule has 0 aliphatic heterocycles. The second-order valence-corrected chi connectivity index (χ2v) is 8.47. The third kappa shape index (κ3) is 3.85. The molecule has 0 spiro atoms. The molecule has 142 valence electrons. The van der Waals surface area contributed by atoms with Gasteiger partial charge in [0.05, 0.1) is 22.4 Å². The quantitative estimate of drug-likeness (QED) is 0.538. The van der Waals surface area contributed by atoms with Crippen molar-refractivity contribution in [3.8, 4) is 16.1 Å². The zero-order valence-electron chi connectivity index (χ0n) is 15.6. The van der Waals surface area contributed by atoms with E-state index in [2.05, 4.69) is 44.2 Å². The Bertz CT molecular complexity index is 1120. The number of hydrogen-bond donors (Lipinski definition) is 1. The minimum Gasteiger partial charge on any atom is -0.344 e. The number of carbonyl (C=O) groups is 1. The number of benzene rings is 1. The number of thiazole rings is 1. The monoisotopic (exact) mass is 410 g/mol. The highest BCUT2D eigenvalue weighted by molar-refractivity contribution is 7.13. The molecular formula is C19H18N6OS2.